The monoisotopic (exact) mass is 413 g/mol. The normalized spacial score (nSPS) is 18.4. The Kier molecular flexibility index (Phi) is 5.42. The maximum Gasteiger partial charge on any atom is 0.387 e. The summed E-state index contributed by atoms with van der Waals surface area (Å²) in [5.74, 6) is -0.00484. The Balaban J connectivity index is 1.59. The number of piperazine rings is 1. The highest BCUT2D eigenvalue weighted by Crippen LogP contribution is 2.33. The Bertz CT molecular complexity index is 901. The van der Waals surface area contributed by atoms with Gasteiger partial charge in [-0.1, -0.05) is 0 Å². The maximum atomic E-state index is 13.0. The third-order valence-corrected chi connectivity index (χ3v) is 5.09. The zero-order chi connectivity index (χ0) is 19.7. The number of ether oxygens (including phenoxy) is 2. The van der Waals surface area contributed by atoms with Gasteiger partial charge in [0.1, 0.15) is 6.33 Å². The second-order valence-electron chi connectivity index (χ2n) is 6.52. The number of aromatic nitrogens is 3. The fourth-order valence-corrected chi connectivity index (χ4v) is 3.48. The Morgan fingerprint density at radius 2 is 1.96 bits per heavy atom. The Hall–Kier alpha value is -2.30. The van der Waals surface area contributed by atoms with Gasteiger partial charge in [-0.15, -0.1) is 0 Å². The molecule has 28 heavy (non-hydrogen) atoms. The fraction of sp³-hybridized carbons (Fsp3) is 0.471. The van der Waals surface area contributed by atoms with Gasteiger partial charge in [0.15, 0.2) is 5.75 Å². The lowest BCUT2D eigenvalue weighted by molar-refractivity contribution is -0.0663. The lowest BCUT2D eigenvalue weighted by Gasteiger charge is -2.43. The molecule has 0 aliphatic carbocycles. The van der Waals surface area contributed by atoms with Crippen LogP contribution in [0, 0.1) is 0 Å². The van der Waals surface area contributed by atoms with Crippen LogP contribution in [0.5, 0.6) is 5.75 Å². The van der Waals surface area contributed by atoms with Gasteiger partial charge in [-0.2, -0.15) is 13.8 Å². The molecule has 0 unspecified atom stereocenters. The number of benzene rings is 1. The summed E-state index contributed by atoms with van der Waals surface area (Å²) in [4.78, 5) is 23.6. The highest BCUT2D eigenvalue weighted by atomic mass is 35.5. The van der Waals surface area contributed by atoms with Crippen molar-refractivity contribution in [2.45, 2.75) is 12.7 Å². The van der Waals surface area contributed by atoms with E-state index in [9.17, 15) is 13.6 Å². The van der Waals surface area contributed by atoms with Crippen molar-refractivity contribution in [2.75, 3.05) is 44.3 Å². The SMILES string of the molecule is O=c1nc(Cl)ncn1-c1ccc(N2CCN(C3COC3)CC2)c(OC(F)F)c1. The van der Waals surface area contributed by atoms with Crippen molar-refractivity contribution in [2.24, 2.45) is 0 Å². The van der Waals surface area contributed by atoms with Gasteiger partial charge in [0.25, 0.3) is 0 Å². The van der Waals surface area contributed by atoms with E-state index in [1.54, 1.807) is 12.1 Å². The number of hydrogen-bond donors (Lipinski definition) is 0. The molecule has 0 radical (unpaired) electrons. The van der Waals surface area contributed by atoms with Gasteiger partial charge < -0.3 is 14.4 Å². The van der Waals surface area contributed by atoms with Crippen LogP contribution >= 0.6 is 11.6 Å². The predicted octanol–water partition coefficient (Wildman–Crippen LogP) is 1.40. The molecule has 0 atom stereocenters. The first-order valence-corrected chi connectivity index (χ1v) is 9.16. The van der Waals surface area contributed by atoms with Gasteiger partial charge in [-0.05, 0) is 23.7 Å². The molecule has 0 spiro atoms. The van der Waals surface area contributed by atoms with Crippen LogP contribution in [-0.4, -0.2) is 71.5 Å². The van der Waals surface area contributed by atoms with E-state index in [0.29, 0.717) is 30.5 Å². The van der Waals surface area contributed by atoms with Gasteiger partial charge >= 0.3 is 12.3 Å². The van der Waals surface area contributed by atoms with Gasteiger partial charge in [0.2, 0.25) is 5.28 Å². The van der Waals surface area contributed by atoms with Crippen LogP contribution in [0.4, 0.5) is 14.5 Å². The largest absolute Gasteiger partial charge is 0.433 e. The first-order valence-electron chi connectivity index (χ1n) is 8.78. The highest BCUT2D eigenvalue weighted by Gasteiger charge is 2.30. The summed E-state index contributed by atoms with van der Waals surface area (Å²) in [6, 6.07) is 5.12. The summed E-state index contributed by atoms with van der Waals surface area (Å²) >= 11 is 5.60. The zero-order valence-corrected chi connectivity index (χ0v) is 15.6. The number of rotatable bonds is 5. The first kappa shape index (κ1) is 19.0. The molecule has 8 nitrogen and oxygen atoms in total. The van der Waals surface area contributed by atoms with Crippen LogP contribution in [0.15, 0.2) is 29.3 Å². The summed E-state index contributed by atoms with van der Waals surface area (Å²) in [5, 5.41) is -0.184. The second-order valence-corrected chi connectivity index (χ2v) is 6.86. The van der Waals surface area contributed by atoms with Crippen molar-refractivity contribution in [1.29, 1.82) is 0 Å². The molecule has 1 aromatic heterocycles. The molecule has 1 aromatic carbocycles. The minimum atomic E-state index is -2.99. The molecule has 0 N–H and O–H groups in total. The predicted molar refractivity (Wildman–Crippen MR) is 97.7 cm³/mol. The number of alkyl halides is 2. The smallest absolute Gasteiger partial charge is 0.387 e. The van der Waals surface area contributed by atoms with Crippen LogP contribution in [0.3, 0.4) is 0 Å². The lowest BCUT2D eigenvalue weighted by atomic mass is 10.1. The molecule has 2 fully saturated rings. The zero-order valence-electron chi connectivity index (χ0n) is 14.8. The molecule has 0 saturated carbocycles. The van der Waals surface area contributed by atoms with Crippen molar-refractivity contribution in [3.63, 3.8) is 0 Å². The molecule has 3 heterocycles. The number of anilines is 1. The third kappa shape index (κ3) is 3.94. The Morgan fingerprint density at radius 3 is 2.57 bits per heavy atom. The number of hydrogen-bond acceptors (Lipinski definition) is 7. The van der Waals surface area contributed by atoms with E-state index in [4.69, 9.17) is 21.1 Å². The van der Waals surface area contributed by atoms with Crippen molar-refractivity contribution < 1.29 is 18.3 Å². The van der Waals surface area contributed by atoms with Gasteiger partial charge in [0.05, 0.1) is 30.6 Å². The molecular formula is C17H18ClF2N5O3. The Morgan fingerprint density at radius 1 is 1.21 bits per heavy atom. The molecular weight excluding hydrogens is 396 g/mol. The second kappa shape index (κ2) is 7.98. The van der Waals surface area contributed by atoms with Gasteiger partial charge in [0, 0.05) is 32.2 Å². The van der Waals surface area contributed by atoms with E-state index in [1.807, 2.05) is 4.90 Å². The molecule has 11 heteroatoms. The number of nitrogens with zero attached hydrogens (tertiary/aromatic N) is 5. The third-order valence-electron chi connectivity index (χ3n) is 4.90. The van der Waals surface area contributed by atoms with Crippen LogP contribution in [0.1, 0.15) is 0 Å². The summed E-state index contributed by atoms with van der Waals surface area (Å²) in [7, 11) is 0. The fourth-order valence-electron chi connectivity index (χ4n) is 3.36. The average Bonchev–Trinajstić information content (AvgIpc) is 2.61. The van der Waals surface area contributed by atoms with Crippen LogP contribution in [-0.2, 0) is 4.74 Å². The quantitative estimate of drug-likeness (QED) is 0.733. The molecule has 2 aromatic rings. The summed E-state index contributed by atoms with van der Waals surface area (Å²) < 4.78 is 37.0. The first-order chi connectivity index (χ1) is 13.5. The molecule has 2 saturated heterocycles. The molecule has 0 amide bonds. The maximum absolute atomic E-state index is 13.0. The molecule has 4 rings (SSSR count). The van der Waals surface area contributed by atoms with E-state index in [2.05, 4.69) is 14.9 Å². The summed E-state index contributed by atoms with van der Waals surface area (Å²) in [6.45, 7) is 1.49. The van der Waals surface area contributed by atoms with Crippen molar-refractivity contribution in [3.8, 4) is 11.4 Å². The minimum absolute atomic E-state index is 0.00484. The average molecular weight is 414 g/mol. The Labute approximate surface area is 164 Å². The summed E-state index contributed by atoms with van der Waals surface area (Å²) in [5.41, 5.74) is 0.204. The van der Waals surface area contributed by atoms with E-state index in [-0.39, 0.29) is 11.0 Å². The van der Waals surface area contributed by atoms with Crippen molar-refractivity contribution in [3.05, 3.63) is 40.3 Å². The van der Waals surface area contributed by atoms with Gasteiger partial charge in [-0.3, -0.25) is 9.47 Å². The van der Waals surface area contributed by atoms with E-state index in [1.165, 1.54) is 12.4 Å². The van der Waals surface area contributed by atoms with Crippen LogP contribution in [0.25, 0.3) is 5.69 Å². The van der Waals surface area contributed by atoms with Crippen molar-refractivity contribution >= 4 is 17.3 Å². The minimum Gasteiger partial charge on any atom is -0.433 e. The van der Waals surface area contributed by atoms with E-state index < -0.39 is 12.3 Å². The standard InChI is InChI=1S/C17H18ClF2N5O3/c18-15-21-10-25(17(26)22-15)11-1-2-13(14(7-11)28-16(19)20)24-5-3-23(4-6-24)12-8-27-9-12/h1-2,7,10,12,16H,3-6,8-9H2. The number of halogens is 3. The summed E-state index contributed by atoms with van der Waals surface area (Å²) in [6.07, 6.45) is 1.19. The van der Waals surface area contributed by atoms with Gasteiger partial charge in [-0.25, -0.2) is 9.78 Å². The molecule has 0 bridgehead atoms. The lowest BCUT2D eigenvalue weighted by Crippen LogP contribution is -2.56. The van der Waals surface area contributed by atoms with E-state index in [0.717, 1.165) is 30.9 Å². The molecule has 2 aliphatic rings. The van der Waals surface area contributed by atoms with Crippen LogP contribution < -0.4 is 15.3 Å². The molecule has 150 valence electrons. The van der Waals surface area contributed by atoms with Crippen molar-refractivity contribution in [1.82, 2.24) is 19.4 Å². The van der Waals surface area contributed by atoms with Crippen LogP contribution in [0.2, 0.25) is 5.28 Å². The highest BCUT2D eigenvalue weighted by molar-refractivity contribution is 6.28. The topological polar surface area (TPSA) is 72.7 Å². The van der Waals surface area contributed by atoms with E-state index >= 15 is 0 Å². The molecule has 2 aliphatic heterocycles.